The van der Waals surface area contributed by atoms with E-state index in [0.717, 1.165) is 19.0 Å². The van der Waals surface area contributed by atoms with Crippen molar-refractivity contribution in [3.63, 3.8) is 0 Å². The Morgan fingerprint density at radius 3 is 2.69 bits per heavy atom. The monoisotopic (exact) mass is 184 g/mol. The number of hydrogen-bond acceptors (Lipinski definition) is 2. The van der Waals surface area contributed by atoms with Crippen molar-refractivity contribution >= 4 is 5.91 Å². The van der Waals surface area contributed by atoms with E-state index in [-0.39, 0.29) is 11.8 Å². The normalized spacial score (nSPS) is 20.4. The van der Waals surface area contributed by atoms with E-state index in [2.05, 4.69) is 5.32 Å². The molecule has 0 spiro atoms. The van der Waals surface area contributed by atoms with Gasteiger partial charge in [0, 0.05) is 12.5 Å². The van der Waals surface area contributed by atoms with Gasteiger partial charge in [-0.3, -0.25) is 4.79 Å². The van der Waals surface area contributed by atoms with Gasteiger partial charge in [-0.2, -0.15) is 0 Å². The molecule has 3 N–H and O–H groups in total. The number of carbonyl (C=O) groups is 1. The predicted molar refractivity (Wildman–Crippen MR) is 53.2 cm³/mol. The molecule has 0 saturated heterocycles. The molecule has 0 bridgehead atoms. The summed E-state index contributed by atoms with van der Waals surface area (Å²) in [4.78, 5) is 10.7. The Morgan fingerprint density at radius 1 is 1.54 bits per heavy atom. The largest absolute Gasteiger partial charge is 0.369 e. The summed E-state index contributed by atoms with van der Waals surface area (Å²) in [6.45, 7) is 3.65. The molecule has 1 aliphatic carbocycles. The van der Waals surface area contributed by atoms with Gasteiger partial charge in [0.15, 0.2) is 0 Å². The first kappa shape index (κ1) is 10.5. The van der Waals surface area contributed by atoms with Gasteiger partial charge in [-0.05, 0) is 25.3 Å². The maximum atomic E-state index is 10.7. The van der Waals surface area contributed by atoms with E-state index in [1.54, 1.807) is 0 Å². The minimum atomic E-state index is -0.209. The smallest absolute Gasteiger partial charge is 0.221 e. The predicted octanol–water partition coefficient (Wildman–Crippen LogP) is 0.888. The number of primary amides is 1. The molecule has 0 aromatic carbocycles. The molecule has 1 atom stereocenters. The number of nitrogens with two attached hydrogens (primary N) is 1. The number of hydrogen-bond donors (Lipinski definition) is 2. The van der Waals surface area contributed by atoms with Gasteiger partial charge in [0.2, 0.25) is 5.91 Å². The molecule has 1 amide bonds. The molecule has 0 aromatic rings. The van der Waals surface area contributed by atoms with Crippen LogP contribution in [0.15, 0.2) is 0 Å². The van der Waals surface area contributed by atoms with Crippen LogP contribution in [0.5, 0.6) is 0 Å². The highest BCUT2D eigenvalue weighted by Crippen LogP contribution is 2.23. The van der Waals surface area contributed by atoms with Crippen molar-refractivity contribution in [2.24, 2.45) is 17.6 Å². The van der Waals surface area contributed by atoms with Crippen LogP contribution in [0.3, 0.4) is 0 Å². The molecule has 13 heavy (non-hydrogen) atoms. The van der Waals surface area contributed by atoms with Crippen LogP contribution in [0.25, 0.3) is 0 Å². The number of amides is 1. The standard InChI is InChI=1S/C10H20N2O/c1-8(10(11)13)6-12-7-9-4-2-3-5-9/h8-9,12H,2-7H2,1H3,(H2,11,13). The Kier molecular flexibility index (Phi) is 4.22. The first-order chi connectivity index (χ1) is 6.20. The molecule has 3 heteroatoms. The molecule has 1 aliphatic rings. The highest BCUT2D eigenvalue weighted by Gasteiger charge is 2.15. The third-order valence-corrected chi connectivity index (χ3v) is 2.84. The SMILES string of the molecule is CC(CNCC1CCCC1)C(N)=O. The van der Waals surface area contributed by atoms with Crippen molar-refractivity contribution in [3.05, 3.63) is 0 Å². The fourth-order valence-corrected chi connectivity index (χ4v) is 1.82. The lowest BCUT2D eigenvalue weighted by Gasteiger charge is -2.12. The van der Waals surface area contributed by atoms with Gasteiger partial charge in [0.05, 0.1) is 0 Å². The highest BCUT2D eigenvalue weighted by atomic mass is 16.1. The van der Waals surface area contributed by atoms with Crippen molar-refractivity contribution < 1.29 is 4.79 Å². The first-order valence-electron chi connectivity index (χ1n) is 5.20. The topological polar surface area (TPSA) is 55.1 Å². The minimum absolute atomic E-state index is 0.0404. The van der Waals surface area contributed by atoms with Crippen LogP contribution >= 0.6 is 0 Å². The van der Waals surface area contributed by atoms with E-state index < -0.39 is 0 Å². The van der Waals surface area contributed by atoms with E-state index in [1.807, 2.05) is 6.92 Å². The number of carbonyl (C=O) groups excluding carboxylic acids is 1. The van der Waals surface area contributed by atoms with Crippen molar-refractivity contribution in [1.82, 2.24) is 5.32 Å². The second-order valence-electron chi connectivity index (χ2n) is 4.11. The fraction of sp³-hybridized carbons (Fsp3) is 0.900. The van der Waals surface area contributed by atoms with Crippen molar-refractivity contribution in [2.45, 2.75) is 32.6 Å². The van der Waals surface area contributed by atoms with Crippen LogP contribution in [0.1, 0.15) is 32.6 Å². The zero-order chi connectivity index (χ0) is 9.68. The average molecular weight is 184 g/mol. The lowest BCUT2D eigenvalue weighted by Crippen LogP contribution is -2.33. The summed E-state index contributed by atoms with van der Waals surface area (Å²) in [5.41, 5.74) is 5.15. The quantitative estimate of drug-likeness (QED) is 0.666. The maximum absolute atomic E-state index is 10.7. The summed E-state index contributed by atoms with van der Waals surface area (Å²) in [6, 6.07) is 0. The van der Waals surface area contributed by atoms with E-state index in [4.69, 9.17) is 5.73 Å². The Balaban J connectivity index is 2.02. The summed E-state index contributed by atoms with van der Waals surface area (Å²) in [7, 11) is 0. The van der Waals surface area contributed by atoms with Crippen LogP contribution in [-0.4, -0.2) is 19.0 Å². The second kappa shape index (κ2) is 5.22. The summed E-state index contributed by atoms with van der Waals surface area (Å²) in [6.07, 6.45) is 5.44. The van der Waals surface area contributed by atoms with Gasteiger partial charge in [0.25, 0.3) is 0 Å². The van der Waals surface area contributed by atoms with Crippen LogP contribution < -0.4 is 11.1 Å². The molecular weight excluding hydrogens is 164 g/mol. The Morgan fingerprint density at radius 2 is 2.15 bits per heavy atom. The molecule has 1 saturated carbocycles. The molecule has 76 valence electrons. The fourth-order valence-electron chi connectivity index (χ4n) is 1.82. The van der Waals surface area contributed by atoms with E-state index in [9.17, 15) is 4.79 Å². The third kappa shape index (κ3) is 3.77. The van der Waals surface area contributed by atoms with Gasteiger partial charge in [-0.25, -0.2) is 0 Å². The summed E-state index contributed by atoms with van der Waals surface area (Å²) in [5, 5.41) is 3.31. The van der Waals surface area contributed by atoms with Gasteiger partial charge in [-0.15, -0.1) is 0 Å². The Hall–Kier alpha value is -0.570. The first-order valence-corrected chi connectivity index (χ1v) is 5.20. The molecule has 3 nitrogen and oxygen atoms in total. The molecule has 1 unspecified atom stereocenters. The van der Waals surface area contributed by atoms with Crippen molar-refractivity contribution in [2.75, 3.05) is 13.1 Å². The van der Waals surface area contributed by atoms with Gasteiger partial charge in [0.1, 0.15) is 0 Å². The van der Waals surface area contributed by atoms with Crippen molar-refractivity contribution in [3.8, 4) is 0 Å². The average Bonchev–Trinajstić information content (AvgIpc) is 2.56. The van der Waals surface area contributed by atoms with Crippen LogP contribution in [0, 0.1) is 11.8 Å². The summed E-state index contributed by atoms with van der Waals surface area (Å²) < 4.78 is 0. The van der Waals surface area contributed by atoms with E-state index in [0.29, 0.717) is 0 Å². The molecule has 0 radical (unpaired) electrons. The van der Waals surface area contributed by atoms with Gasteiger partial charge < -0.3 is 11.1 Å². The lowest BCUT2D eigenvalue weighted by molar-refractivity contribution is -0.121. The third-order valence-electron chi connectivity index (χ3n) is 2.84. The zero-order valence-corrected chi connectivity index (χ0v) is 8.38. The van der Waals surface area contributed by atoms with Gasteiger partial charge in [-0.1, -0.05) is 19.8 Å². The van der Waals surface area contributed by atoms with Gasteiger partial charge >= 0.3 is 0 Å². The lowest BCUT2D eigenvalue weighted by atomic mass is 10.1. The van der Waals surface area contributed by atoms with Crippen LogP contribution in [0.4, 0.5) is 0 Å². The zero-order valence-electron chi connectivity index (χ0n) is 8.38. The van der Waals surface area contributed by atoms with Crippen molar-refractivity contribution in [1.29, 1.82) is 0 Å². The molecule has 1 rings (SSSR count). The highest BCUT2D eigenvalue weighted by molar-refractivity contribution is 5.76. The molecular formula is C10H20N2O. The van der Waals surface area contributed by atoms with E-state index >= 15 is 0 Å². The van der Waals surface area contributed by atoms with E-state index in [1.165, 1.54) is 25.7 Å². The second-order valence-corrected chi connectivity index (χ2v) is 4.11. The minimum Gasteiger partial charge on any atom is -0.369 e. The van der Waals surface area contributed by atoms with Crippen LogP contribution in [-0.2, 0) is 4.79 Å². The number of rotatable bonds is 5. The molecule has 0 heterocycles. The Labute approximate surface area is 80.1 Å². The summed E-state index contributed by atoms with van der Waals surface area (Å²) >= 11 is 0. The molecule has 0 aliphatic heterocycles. The summed E-state index contributed by atoms with van der Waals surface area (Å²) in [5.74, 6) is 0.584. The van der Waals surface area contributed by atoms with Crippen LogP contribution in [0.2, 0.25) is 0 Å². The maximum Gasteiger partial charge on any atom is 0.221 e. The number of nitrogens with one attached hydrogen (secondary N) is 1. The molecule has 0 aromatic heterocycles. The molecule has 1 fully saturated rings. The Bertz CT molecular complexity index is 164.